The van der Waals surface area contributed by atoms with E-state index in [9.17, 15) is 0 Å². The van der Waals surface area contributed by atoms with Crippen molar-refractivity contribution in [1.82, 2.24) is 0 Å². The average molecular weight is 183 g/mol. The van der Waals surface area contributed by atoms with Gasteiger partial charge < -0.3 is 0 Å². The Kier molecular flexibility index (Phi) is 5.75. The second kappa shape index (κ2) is 6.70. The lowest BCUT2D eigenvalue weighted by Crippen LogP contribution is -2.20. The van der Waals surface area contributed by atoms with Crippen LogP contribution in [0, 0.1) is 0 Å². The first kappa shape index (κ1) is 10.3. The molecule has 12 heavy (non-hydrogen) atoms. The lowest BCUT2D eigenvalue weighted by Gasteiger charge is -2.22. The minimum absolute atomic E-state index is 0.259. The van der Waals surface area contributed by atoms with Gasteiger partial charge >= 0.3 is 0 Å². The monoisotopic (exact) mass is 183 g/mol. The fraction of sp³-hybridized carbons (Fsp3) is 1.00. The highest BCUT2D eigenvalue weighted by Gasteiger charge is 2.17. The molecule has 0 saturated carbocycles. The Morgan fingerprint density at radius 1 is 0.917 bits per heavy atom. The largest absolute Gasteiger partial charge is 0.0654 e. The summed E-state index contributed by atoms with van der Waals surface area (Å²) in [5.74, 6) is 0. The van der Waals surface area contributed by atoms with Gasteiger partial charge in [0.1, 0.15) is 0 Å². The molecule has 0 atom stereocenters. The first-order chi connectivity index (χ1) is 5.93. The minimum atomic E-state index is 0.259. The van der Waals surface area contributed by atoms with Crippen molar-refractivity contribution in [1.29, 1.82) is 0 Å². The van der Waals surface area contributed by atoms with E-state index in [1.807, 2.05) is 0 Å². The van der Waals surface area contributed by atoms with Crippen molar-refractivity contribution in [2.45, 2.75) is 70.0 Å². The summed E-state index contributed by atoms with van der Waals surface area (Å²) in [6.45, 7) is 2.29. The number of rotatable bonds is 7. The predicted molar refractivity (Wildman–Crippen MR) is 58.2 cm³/mol. The lowest BCUT2D eigenvalue weighted by atomic mass is 10.1. The van der Waals surface area contributed by atoms with Crippen molar-refractivity contribution in [2.75, 3.05) is 0 Å². The highest BCUT2D eigenvalue weighted by molar-refractivity contribution is 6.61. The summed E-state index contributed by atoms with van der Waals surface area (Å²) in [6, 6.07) is 4.91. The Morgan fingerprint density at radius 3 is 2.17 bits per heavy atom. The summed E-state index contributed by atoms with van der Waals surface area (Å²) < 4.78 is 0. The van der Waals surface area contributed by atoms with Crippen LogP contribution in [0.5, 0.6) is 0 Å². The highest BCUT2D eigenvalue weighted by atomic mass is 28.3. The molecule has 1 aliphatic heterocycles. The Labute approximate surface area is 79.4 Å². The van der Waals surface area contributed by atoms with Crippen LogP contribution in [0.4, 0.5) is 0 Å². The topological polar surface area (TPSA) is 0 Å². The third-order valence-corrected chi connectivity index (χ3v) is 6.13. The molecule has 0 amide bonds. The van der Waals surface area contributed by atoms with Crippen molar-refractivity contribution in [3.05, 3.63) is 0 Å². The van der Waals surface area contributed by atoms with Gasteiger partial charge in [0.2, 0.25) is 0 Å². The van der Waals surface area contributed by atoms with Crippen molar-refractivity contribution in [3.63, 3.8) is 0 Å². The molecule has 1 heterocycles. The predicted octanol–water partition coefficient (Wildman–Crippen LogP) is 4.25. The third-order valence-electron chi connectivity index (χ3n) is 2.94. The lowest BCUT2D eigenvalue weighted by molar-refractivity contribution is 0.621. The van der Waals surface area contributed by atoms with Crippen molar-refractivity contribution >= 4 is 8.80 Å². The molecule has 1 saturated heterocycles. The maximum atomic E-state index is 2.29. The zero-order chi connectivity index (χ0) is 8.65. The van der Waals surface area contributed by atoms with Crippen molar-refractivity contribution in [3.8, 4) is 0 Å². The van der Waals surface area contributed by atoms with E-state index in [1.165, 1.54) is 32.1 Å². The number of hydrogen-bond acceptors (Lipinski definition) is 0. The molecule has 1 radical (unpaired) electrons. The molecule has 0 spiro atoms. The molecule has 0 bridgehead atoms. The summed E-state index contributed by atoms with van der Waals surface area (Å²) in [7, 11) is 0.259. The summed E-state index contributed by atoms with van der Waals surface area (Å²) >= 11 is 0. The van der Waals surface area contributed by atoms with Gasteiger partial charge in [-0.25, -0.2) is 0 Å². The molecule has 1 heteroatoms. The quantitative estimate of drug-likeness (QED) is 0.409. The second-order valence-electron chi connectivity index (χ2n) is 4.12. The molecule has 1 rings (SSSR count). The van der Waals surface area contributed by atoms with Gasteiger partial charge in [0.05, 0.1) is 0 Å². The fourth-order valence-corrected chi connectivity index (χ4v) is 3.94. The molecule has 1 aliphatic rings. The first-order valence-corrected chi connectivity index (χ1v) is 7.89. The van der Waals surface area contributed by atoms with E-state index in [0.717, 1.165) is 0 Å². The zero-order valence-corrected chi connectivity index (χ0v) is 9.57. The molecule has 0 nitrogen and oxygen atoms in total. The Morgan fingerprint density at radius 2 is 1.58 bits per heavy atom. The molecule has 0 N–H and O–H groups in total. The van der Waals surface area contributed by atoms with Gasteiger partial charge in [-0.15, -0.1) is 0 Å². The van der Waals surface area contributed by atoms with Gasteiger partial charge in [0.15, 0.2) is 0 Å². The van der Waals surface area contributed by atoms with Crippen LogP contribution in [-0.2, 0) is 0 Å². The molecule has 0 aliphatic carbocycles. The third kappa shape index (κ3) is 4.29. The highest BCUT2D eigenvalue weighted by Crippen LogP contribution is 2.25. The molecule has 0 unspecified atom stereocenters. The van der Waals surface area contributed by atoms with E-state index in [2.05, 4.69) is 6.92 Å². The smallest absolute Gasteiger partial charge is 0.0478 e. The van der Waals surface area contributed by atoms with Crippen LogP contribution in [0.2, 0.25) is 18.1 Å². The second-order valence-corrected chi connectivity index (χ2v) is 7.12. The van der Waals surface area contributed by atoms with Crippen LogP contribution in [0.3, 0.4) is 0 Å². The molecular weight excluding hydrogens is 160 g/mol. The van der Waals surface area contributed by atoms with E-state index in [4.69, 9.17) is 0 Å². The molecule has 0 aromatic carbocycles. The average Bonchev–Trinajstić information content (AvgIpc) is 2.00. The number of hydrogen-bond donors (Lipinski definition) is 0. The first-order valence-electron chi connectivity index (χ1n) is 5.77. The summed E-state index contributed by atoms with van der Waals surface area (Å²) in [6.07, 6.45) is 10.5. The molecule has 0 aromatic heterocycles. The normalized spacial score (nSPS) is 17.8. The van der Waals surface area contributed by atoms with Gasteiger partial charge in [0, 0.05) is 8.80 Å². The zero-order valence-electron chi connectivity index (χ0n) is 8.57. The molecular formula is C11H23Si. The standard InChI is InChI=1S/C11H23Si/c1-2-3-4-5-6-7-9-12-10-8-11-12/h2-11H2,1H3. The van der Waals surface area contributed by atoms with Crippen LogP contribution < -0.4 is 0 Å². The van der Waals surface area contributed by atoms with E-state index in [-0.39, 0.29) is 8.80 Å². The summed E-state index contributed by atoms with van der Waals surface area (Å²) in [5.41, 5.74) is 0. The summed E-state index contributed by atoms with van der Waals surface area (Å²) in [5, 5.41) is 0. The van der Waals surface area contributed by atoms with Crippen molar-refractivity contribution in [2.24, 2.45) is 0 Å². The van der Waals surface area contributed by atoms with Crippen LogP contribution in [0.25, 0.3) is 0 Å². The molecule has 71 valence electrons. The van der Waals surface area contributed by atoms with E-state index in [1.54, 1.807) is 31.0 Å². The van der Waals surface area contributed by atoms with Crippen molar-refractivity contribution < 1.29 is 0 Å². The van der Waals surface area contributed by atoms with Crippen LogP contribution in [0.15, 0.2) is 0 Å². The maximum Gasteiger partial charge on any atom is 0.0478 e. The molecule has 0 aromatic rings. The minimum Gasteiger partial charge on any atom is -0.0654 e. The van der Waals surface area contributed by atoms with Crippen LogP contribution in [-0.4, -0.2) is 8.80 Å². The van der Waals surface area contributed by atoms with Gasteiger partial charge in [-0.2, -0.15) is 0 Å². The maximum absolute atomic E-state index is 2.29. The summed E-state index contributed by atoms with van der Waals surface area (Å²) in [4.78, 5) is 0. The Bertz CT molecular complexity index is 97.2. The SMILES string of the molecule is CCCCCCCC[Si]1CCC1. The van der Waals surface area contributed by atoms with Gasteiger partial charge in [0.25, 0.3) is 0 Å². The van der Waals surface area contributed by atoms with Gasteiger partial charge in [-0.3, -0.25) is 0 Å². The fourth-order valence-electron chi connectivity index (χ4n) is 1.83. The van der Waals surface area contributed by atoms with Gasteiger partial charge in [-0.1, -0.05) is 70.0 Å². The van der Waals surface area contributed by atoms with E-state index >= 15 is 0 Å². The molecule has 1 fully saturated rings. The van der Waals surface area contributed by atoms with E-state index < -0.39 is 0 Å². The number of unbranched alkanes of at least 4 members (excludes halogenated alkanes) is 5. The Balaban J connectivity index is 1.70. The van der Waals surface area contributed by atoms with Crippen LogP contribution >= 0.6 is 0 Å². The van der Waals surface area contributed by atoms with Crippen LogP contribution in [0.1, 0.15) is 51.9 Å². The van der Waals surface area contributed by atoms with Gasteiger partial charge in [-0.05, 0) is 0 Å². The van der Waals surface area contributed by atoms with E-state index in [0.29, 0.717) is 0 Å². The Hall–Kier alpha value is 0.217.